The molecule has 0 aliphatic rings. The molecule has 20 heavy (non-hydrogen) atoms. The molecule has 3 heteroatoms. The molecule has 0 saturated heterocycles. The largest absolute Gasteiger partial charge is 0.379 e. The number of thioether (sulfide) groups is 2. The van der Waals surface area contributed by atoms with Crippen molar-refractivity contribution < 1.29 is 4.74 Å². The van der Waals surface area contributed by atoms with Crippen molar-refractivity contribution in [2.75, 3.05) is 13.7 Å². The van der Waals surface area contributed by atoms with Crippen LogP contribution in [0, 0.1) is 6.92 Å². The quantitative estimate of drug-likeness (QED) is 0.664. The molecule has 0 N–H and O–H groups in total. The minimum atomic E-state index is 0.637. The van der Waals surface area contributed by atoms with E-state index in [4.69, 9.17) is 4.74 Å². The number of ether oxygens (including phenoxy) is 1. The van der Waals surface area contributed by atoms with Gasteiger partial charge in [-0.2, -0.15) is 0 Å². The van der Waals surface area contributed by atoms with Crippen molar-refractivity contribution in [1.29, 1.82) is 0 Å². The zero-order chi connectivity index (χ0) is 14.2. The van der Waals surface area contributed by atoms with Gasteiger partial charge >= 0.3 is 0 Å². The molecule has 0 aliphatic carbocycles. The van der Waals surface area contributed by atoms with Crippen molar-refractivity contribution in [3.63, 3.8) is 0 Å². The molecule has 2 rings (SSSR count). The van der Waals surface area contributed by atoms with E-state index in [-0.39, 0.29) is 0 Å². The van der Waals surface area contributed by atoms with E-state index in [9.17, 15) is 0 Å². The summed E-state index contributed by atoms with van der Waals surface area (Å²) in [5.41, 5.74) is 1.28. The second kappa shape index (κ2) is 8.20. The van der Waals surface area contributed by atoms with Gasteiger partial charge in [0, 0.05) is 21.8 Å². The van der Waals surface area contributed by atoms with E-state index in [1.54, 1.807) is 30.6 Å². The monoisotopic (exact) mass is 302 g/mol. The zero-order valence-electron chi connectivity index (χ0n) is 11.7. The normalized spacial score (nSPS) is 11.6. The van der Waals surface area contributed by atoms with Crippen LogP contribution in [0.3, 0.4) is 0 Å². The first kappa shape index (κ1) is 15.2. The molecule has 0 aliphatic heterocycles. The molecule has 0 heterocycles. The van der Waals surface area contributed by atoms with Crippen LogP contribution in [-0.2, 0) is 4.74 Å². The third kappa shape index (κ3) is 5.08. The van der Waals surface area contributed by atoms with Crippen LogP contribution in [0.25, 0.3) is 0 Å². The van der Waals surface area contributed by atoms with E-state index >= 15 is 0 Å². The summed E-state index contributed by atoms with van der Waals surface area (Å²) >= 11 is 3.48. The Hall–Kier alpha value is -1.16. The van der Waals surface area contributed by atoms with Gasteiger partial charge in [-0.05, 0) is 36.6 Å². The topological polar surface area (TPSA) is 9.23 Å². The summed E-state index contributed by atoms with van der Waals surface area (Å²) in [5.74, 6) is 0. The molecule has 0 aromatic heterocycles. The Balaban J connectivity index is 2.04. The Morgan fingerprint density at radius 2 is 1.70 bits per heavy atom. The third-order valence-corrected chi connectivity index (χ3v) is 4.73. The Labute approximate surface area is 129 Å². The van der Waals surface area contributed by atoms with E-state index in [0.717, 1.165) is 0 Å². The summed E-state index contributed by atoms with van der Waals surface area (Å²) in [4.78, 5) is 3.70. The van der Waals surface area contributed by atoms with Crippen molar-refractivity contribution in [2.24, 2.45) is 0 Å². The summed E-state index contributed by atoms with van der Waals surface area (Å²) < 4.78 is 5.29. The van der Waals surface area contributed by atoms with Crippen LogP contribution in [0.1, 0.15) is 5.56 Å². The fourth-order valence-electron chi connectivity index (χ4n) is 1.62. The molecule has 2 aromatic carbocycles. The van der Waals surface area contributed by atoms with Crippen LogP contribution in [0.4, 0.5) is 0 Å². The van der Waals surface area contributed by atoms with Crippen LogP contribution in [0.5, 0.6) is 0 Å². The van der Waals surface area contributed by atoms with Gasteiger partial charge in [0.15, 0.2) is 0 Å². The maximum atomic E-state index is 5.29. The maximum absolute atomic E-state index is 5.29. The number of hydrogen-bond acceptors (Lipinski definition) is 3. The predicted octanol–water partition coefficient (Wildman–Crippen LogP) is 5.37. The van der Waals surface area contributed by atoms with E-state index in [0.29, 0.717) is 6.61 Å². The highest BCUT2D eigenvalue weighted by Gasteiger charge is 2.01. The van der Waals surface area contributed by atoms with Gasteiger partial charge < -0.3 is 4.74 Å². The summed E-state index contributed by atoms with van der Waals surface area (Å²) in [7, 11) is 1.73. The predicted molar refractivity (Wildman–Crippen MR) is 89.3 cm³/mol. The van der Waals surface area contributed by atoms with Crippen LogP contribution in [0.2, 0.25) is 0 Å². The highest BCUT2D eigenvalue weighted by Crippen LogP contribution is 2.31. The molecule has 104 valence electrons. The Morgan fingerprint density at radius 3 is 2.35 bits per heavy atom. The van der Waals surface area contributed by atoms with Crippen molar-refractivity contribution in [3.05, 3.63) is 70.5 Å². The second-order valence-corrected chi connectivity index (χ2v) is 6.51. The van der Waals surface area contributed by atoms with Crippen molar-refractivity contribution >= 4 is 23.5 Å². The Morgan fingerprint density at radius 1 is 1.00 bits per heavy atom. The van der Waals surface area contributed by atoms with Gasteiger partial charge in [0.1, 0.15) is 0 Å². The van der Waals surface area contributed by atoms with Crippen molar-refractivity contribution in [3.8, 4) is 0 Å². The smallest absolute Gasteiger partial charge is 0.0780 e. The number of methoxy groups -OCH3 is 1. The maximum Gasteiger partial charge on any atom is 0.0780 e. The molecular weight excluding hydrogens is 284 g/mol. The van der Waals surface area contributed by atoms with Crippen molar-refractivity contribution in [2.45, 2.75) is 16.7 Å². The first-order valence-electron chi connectivity index (χ1n) is 6.42. The molecule has 0 amide bonds. The molecule has 0 saturated carbocycles. The fraction of sp³-hybridized carbons (Fsp3) is 0.176. The number of hydrogen-bond donors (Lipinski definition) is 0. The Kier molecular flexibility index (Phi) is 6.25. The highest BCUT2D eigenvalue weighted by molar-refractivity contribution is 8.06. The van der Waals surface area contributed by atoms with E-state index in [1.165, 1.54) is 20.3 Å². The second-order valence-electron chi connectivity index (χ2n) is 4.36. The third-order valence-electron chi connectivity index (χ3n) is 2.63. The van der Waals surface area contributed by atoms with Gasteiger partial charge in [0.2, 0.25) is 0 Å². The van der Waals surface area contributed by atoms with Gasteiger partial charge in [-0.1, -0.05) is 59.4 Å². The number of rotatable bonds is 6. The van der Waals surface area contributed by atoms with Crippen LogP contribution in [0.15, 0.2) is 74.7 Å². The van der Waals surface area contributed by atoms with Gasteiger partial charge in [-0.3, -0.25) is 0 Å². The zero-order valence-corrected chi connectivity index (χ0v) is 13.3. The highest BCUT2D eigenvalue weighted by atomic mass is 32.2. The Bertz CT molecular complexity index is 547. The molecular formula is C17H18OS2. The van der Waals surface area contributed by atoms with Crippen molar-refractivity contribution in [1.82, 2.24) is 0 Å². The lowest BCUT2D eigenvalue weighted by molar-refractivity contribution is 0.231. The van der Waals surface area contributed by atoms with Crippen LogP contribution < -0.4 is 0 Å². The van der Waals surface area contributed by atoms with E-state index in [1.807, 2.05) is 6.07 Å². The number of aryl methyl sites for hydroxylation is 1. The molecule has 2 aromatic rings. The lowest BCUT2D eigenvalue weighted by Crippen LogP contribution is -1.90. The average Bonchev–Trinajstić information content (AvgIpc) is 2.48. The van der Waals surface area contributed by atoms with E-state index < -0.39 is 0 Å². The molecule has 0 bridgehead atoms. The molecule has 0 atom stereocenters. The standard InChI is InChI=1S/C17H18OS2/c1-14-8-10-16(11-9-14)20-17(12-18-2)13-19-15-6-4-3-5-7-15/h3-11,13H,12H2,1-2H3/b17-13-. The minimum absolute atomic E-state index is 0.637. The van der Waals surface area contributed by atoms with Gasteiger partial charge in [0.25, 0.3) is 0 Å². The average molecular weight is 302 g/mol. The fourth-order valence-corrected chi connectivity index (χ4v) is 3.36. The summed E-state index contributed by atoms with van der Waals surface area (Å²) in [6, 6.07) is 18.9. The first-order valence-corrected chi connectivity index (χ1v) is 8.12. The summed E-state index contributed by atoms with van der Waals surface area (Å²) in [6.45, 7) is 2.74. The van der Waals surface area contributed by atoms with Crippen LogP contribution >= 0.6 is 23.5 Å². The van der Waals surface area contributed by atoms with Gasteiger partial charge in [-0.25, -0.2) is 0 Å². The summed E-state index contributed by atoms with van der Waals surface area (Å²) in [6.07, 6.45) is 0. The van der Waals surface area contributed by atoms with Crippen LogP contribution in [-0.4, -0.2) is 13.7 Å². The molecule has 0 unspecified atom stereocenters. The molecule has 0 radical (unpaired) electrons. The van der Waals surface area contributed by atoms with Gasteiger partial charge in [-0.15, -0.1) is 0 Å². The molecule has 0 fully saturated rings. The number of benzene rings is 2. The minimum Gasteiger partial charge on any atom is -0.379 e. The summed E-state index contributed by atoms with van der Waals surface area (Å²) in [5, 5.41) is 2.17. The molecule has 1 nitrogen and oxygen atoms in total. The lowest BCUT2D eigenvalue weighted by Gasteiger charge is -2.07. The first-order chi connectivity index (χ1) is 9.78. The lowest BCUT2D eigenvalue weighted by atomic mass is 10.2. The molecule has 0 spiro atoms. The van der Waals surface area contributed by atoms with E-state index in [2.05, 4.69) is 60.9 Å². The van der Waals surface area contributed by atoms with Gasteiger partial charge in [0.05, 0.1) is 6.61 Å². The SMILES string of the molecule is COC/C(=C/Sc1ccccc1)Sc1ccc(C)cc1.